The highest BCUT2D eigenvalue weighted by atomic mass is 16.3. The third kappa shape index (κ3) is 2.38. The van der Waals surface area contributed by atoms with Gasteiger partial charge in [0.1, 0.15) is 5.75 Å². The molecule has 0 aliphatic rings. The average molecular weight is 229 g/mol. The first-order valence-corrected chi connectivity index (χ1v) is 5.57. The molecule has 0 unspecified atom stereocenters. The molecule has 0 aromatic heterocycles. The second-order valence-corrected chi connectivity index (χ2v) is 4.13. The zero-order valence-electron chi connectivity index (χ0n) is 9.76. The molecule has 3 nitrogen and oxygen atoms in total. The number of likely N-dealkylation sites (N-methyl/N-ethyl adjacent to an activating group) is 1. The van der Waals surface area contributed by atoms with E-state index in [1.165, 1.54) is 0 Å². The molecule has 0 bridgehead atoms. The summed E-state index contributed by atoms with van der Waals surface area (Å²) in [5, 5.41) is 11.7. The van der Waals surface area contributed by atoms with Crippen LogP contribution in [0.3, 0.4) is 0 Å². The van der Waals surface area contributed by atoms with Crippen molar-refractivity contribution >= 4 is 17.2 Å². The first-order chi connectivity index (χ1) is 8.22. The standard InChI is InChI=1S/C14H15NO2/c1-15(10-16)9-8-11-6-7-14(17)13-5-3-2-4-12(11)13/h2-7,10,17H,8-9H2,1H3. The van der Waals surface area contributed by atoms with E-state index in [0.29, 0.717) is 12.3 Å². The lowest BCUT2D eigenvalue weighted by atomic mass is 10.0. The minimum absolute atomic E-state index is 0.299. The van der Waals surface area contributed by atoms with E-state index in [2.05, 4.69) is 0 Å². The quantitative estimate of drug-likeness (QED) is 0.816. The van der Waals surface area contributed by atoms with E-state index in [-0.39, 0.29) is 0 Å². The van der Waals surface area contributed by atoms with Gasteiger partial charge in [-0.3, -0.25) is 4.79 Å². The fourth-order valence-corrected chi connectivity index (χ4v) is 1.91. The number of hydrogen-bond donors (Lipinski definition) is 1. The van der Waals surface area contributed by atoms with Crippen molar-refractivity contribution < 1.29 is 9.90 Å². The van der Waals surface area contributed by atoms with Crippen LogP contribution in [0.5, 0.6) is 5.75 Å². The normalized spacial score (nSPS) is 10.4. The zero-order valence-corrected chi connectivity index (χ0v) is 9.76. The number of carbonyl (C=O) groups excluding carboxylic acids is 1. The number of nitrogens with zero attached hydrogens (tertiary/aromatic N) is 1. The van der Waals surface area contributed by atoms with Crippen molar-refractivity contribution in [1.82, 2.24) is 4.90 Å². The molecule has 3 heteroatoms. The molecule has 0 radical (unpaired) electrons. The number of rotatable bonds is 4. The van der Waals surface area contributed by atoms with E-state index in [1.54, 1.807) is 18.0 Å². The van der Waals surface area contributed by atoms with Crippen molar-refractivity contribution in [1.29, 1.82) is 0 Å². The van der Waals surface area contributed by atoms with Gasteiger partial charge in [-0.1, -0.05) is 30.3 Å². The lowest BCUT2D eigenvalue weighted by molar-refractivity contribution is -0.116. The van der Waals surface area contributed by atoms with Crippen LogP contribution >= 0.6 is 0 Å². The van der Waals surface area contributed by atoms with Gasteiger partial charge in [0.15, 0.2) is 0 Å². The topological polar surface area (TPSA) is 40.5 Å². The second-order valence-electron chi connectivity index (χ2n) is 4.13. The van der Waals surface area contributed by atoms with Crippen LogP contribution in [0.4, 0.5) is 0 Å². The van der Waals surface area contributed by atoms with Crippen molar-refractivity contribution in [3.05, 3.63) is 42.0 Å². The Morgan fingerprint density at radius 3 is 2.59 bits per heavy atom. The zero-order chi connectivity index (χ0) is 12.3. The molecule has 0 aliphatic carbocycles. The van der Waals surface area contributed by atoms with Crippen LogP contribution < -0.4 is 0 Å². The van der Waals surface area contributed by atoms with Gasteiger partial charge in [-0.25, -0.2) is 0 Å². The molecule has 0 aliphatic heterocycles. The summed E-state index contributed by atoms with van der Waals surface area (Å²) in [6.07, 6.45) is 1.61. The summed E-state index contributed by atoms with van der Waals surface area (Å²) in [4.78, 5) is 12.1. The van der Waals surface area contributed by atoms with E-state index in [0.717, 1.165) is 29.2 Å². The lowest BCUT2D eigenvalue weighted by Crippen LogP contribution is -2.18. The smallest absolute Gasteiger partial charge is 0.209 e. The van der Waals surface area contributed by atoms with Gasteiger partial charge in [-0.15, -0.1) is 0 Å². The van der Waals surface area contributed by atoms with Crippen LogP contribution in [-0.2, 0) is 11.2 Å². The SMILES string of the molecule is CN(C=O)CCc1ccc(O)c2ccccc12. The lowest BCUT2D eigenvalue weighted by Gasteiger charge is -2.12. The molecule has 17 heavy (non-hydrogen) atoms. The minimum Gasteiger partial charge on any atom is -0.507 e. The molecule has 0 fully saturated rings. The van der Waals surface area contributed by atoms with Crippen molar-refractivity contribution in [3.8, 4) is 5.75 Å². The van der Waals surface area contributed by atoms with Crippen LogP contribution in [0.2, 0.25) is 0 Å². The number of aromatic hydroxyl groups is 1. The number of phenolic OH excluding ortho intramolecular Hbond substituents is 1. The Hall–Kier alpha value is -2.03. The second kappa shape index (κ2) is 4.87. The summed E-state index contributed by atoms with van der Waals surface area (Å²) in [6, 6.07) is 11.4. The maximum Gasteiger partial charge on any atom is 0.209 e. The summed E-state index contributed by atoms with van der Waals surface area (Å²) in [5.41, 5.74) is 1.15. The van der Waals surface area contributed by atoms with Gasteiger partial charge in [0.2, 0.25) is 6.41 Å². The molecule has 0 saturated heterocycles. The number of benzene rings is 2. The highest BCUT2D eigenvalue weighted by Crippen LogP contribution is 2.27. The molecular formula is C14H15NO2. The summed E-state index contributed by atoms with van der Waals surface area (Å²) in [7, 11) is 1.76. The van der Waals surface area contributed by atoms with Crippen LogP contribution in [0.25, 0.3) is 10.8 Å². The van der Waals surface area contributed by atoms with Crippen LogP contribution in [0, 0.1) is 0 Å². The van der Waals surface area contributed by atoms with Crippen molar-refractivity contribution in [3.63, 3.8) is 0 Å². The van der Waals surface area contributed by atoms with E-state index in [1.807, 2.05) is 30.3 Å². The fraction of sp³-hybridized carbons (Fsp3) is 0.214. The van der Waals surface area contributed by atoms with Crippen molar-refractivity contribution in [2.45, 2.75) is 6.42 Å². The van der Waals surface area contributed by atoms with E-state index >= 15 is 0 Å². The predicted octanol–water partition coefficient (Wildman–Crippen LogP) is 2.18. The first-order valence-electron chi connectivity index (χ1n) is 5.57. The average Bonchev–Trinajstić information content (AvgIpc) is 2.38. The molecule has 2 aromatic carbocycles. The Kier molecular flexibility index (Phi) is 3.28. The van der Waals surface area contributed by atoms with E-state index in [4.69, 9.17) is 0 Å². The third-order valence-electron chi connectivity index (χ3n) is 2.91. The molecule has 0 heterocycles. The summed E-state index contributed by atoms with van der Waals surface area (Å²) >= 11 is 0. The molecule has 0 saturated carbocycles. The Labute approximate surface area is 100 Å². The van der Waals surface area contributed by atoms with Gasteiger partial charge < -0.3 is 10.0 Å². The van der Waals surface area contributed by atoms with Crippen molar-refractivity contribution in [2.75, 3.05) is 13.6 Å². The third-order valence-corrected chi connectivity index (χ3v) is 2.91. The van der Waals surface area contributed by atoms with Crippen LogP contribution in [0.15, 0.2) is 36.4 Å². The minimum atomic E-state index is 0.299. The predicted molar refractivity (Wildman–Crippen MR) is 68.0 cm³/mol. The summed E-state index contributed by atoms with van der Waals surface area (Å²) in [5.74, 6) is 0.299. The Bertz CT molecular complexity index is 537. The number of phenols is 1. The molecule has 2 aromatic rings. The van der Waals surface area contributed by atoms with E-state index in [9.17, 15) is 9.90 Å². The first kappa shape index (κ1) is 11.5. The number of carbonyl (C=O) groups is 1. The highest BCUT2D eigenvalue weighted by Gasteiger charge is 2.05. The fourth-order valence-electron chi connectivity index (χ4n) is 1.91. The van der Waals surface area contributed by atoms with Gasteiger partial charge >= 0.3 is 0 Å². The van der Waals surface area contributed by atoms with Gasteiger partial charge in [0, 0.05) is 19.0 Å². The maximum absolute atomic E-state index is 10.5. The summed E-state index contributed by atoms with van der Waals surface area (Å²) in [6.45, 7) is 0.679. The Morgan fingerprint density at radius 2 is 1.88 bits per heavy atom. The van der Waals surface area contributed by atoms with Crippen LogP contribution in [0.1, 0.15) is 5.56 Å². The molecule has 1 N–H and O–H groups in total. The van der Waals surface area contributed by atoms with Crippen LogP contribution in [-0.4, -0.2) is 30.0 Å². The van der Waals surface area contributed by atoms with E-state index < -0.39 is 0 Å². The highest BCUT2D eigenvalue weighted by molar-refractivity contribution is 5.90. The molecule has 1 amide bonds. The monoisotopic (exact) mass is 229 g/mol. The number of hydrogen-bond acceptors (Lipinski definition) is 2. The molecule has 2 rings (SSSR count). The van der Waals surface area contributed by atoms with Gasteiger partial charge in [0.05, 0.1) is 0 Å². The Balaban J connectivity index is 2.35. The molecule has 88 valence electrons. The molecular weight excluding hydrogens is 214 g/mol. The van der Waals surface area contributed by atoms with Gasteiger partial charge in [-0.05, 0) is 23.4 Å². The largest absolute Gasteiger partial charge is 0.507 e. The number of fused-ring (bicyclic) bond motifs is 1. The van der Waals surface area contributed by atoms with Crippen molar-refractivity contribution in [2.24, 2.45) is 0 Å². The van der Waals surface area contributed by atoms with Gasteiger partial charge in [-0.2, -0.15) is 0 Å². The van der Waals surface area contributed by atoms with Gasteiger partial charge in [0.25, 0.3) is 0 Å². The molecule has 0 atom stereocenters. The summed E-state index contributed by atoms with van der Waals surface area (Å²) < 4.78 is 0. The Morgan fingerprint density at radius 1 is 1.18 bits per heavy atom. The number of amides is 1. The molecule has 0 spiro atoms. The maximum atomic E-state index is 10.5.